The van der Waals surface area contributed by atoms with Crippen molar-refractivity contribution in [2.45, 2.75) is 0 Å². The number of fused-ring (bicyclic) bond motifs is 1. The highest BCUT2D eigenvalue weighted by Gasteiger charge is 2.11. The molecule has 2 aromatic rings. The Hall–Kier alpha value is -1.71. The molecule has 4 heteroatoms. The Morgan fingerprint density at radius 2 is 2.17 bits per heavy atom. The fraction of sp³-hybridized carbons (Fsp3) is 0. The molecular formula is C8H5FN2O. The van der Waals surface area contributed by atoms with Crippen molar-refractivity contribution >= 4 is 16.9 Å². The molecule has 0 amide bonds. The average Bonchev–Trinajstić information content (AvgIpc) is 2.47. The van der Waals surface area contributed by atoms with Crippen molar-refractivity contribution in [1.29, 1.82) is 0 Å². The van der Waals surface area contributed by atoms with Crippen LogP contribution in [0.25, 0.3) is 10.9 Å². The first kappa shape index (κ1) is 6.97. The van der Waals surface area contributed by atoms with Gasteiger partial charge in [-0.1, -0.05) is 18.2 Å². The molecule has 1 aromatic carbocycles. The van der Waals surface area contributed by atoms with Gasteiger partial charge in [-0.15, -0.1) is 0 Å². The first-order valence-electron chi connectivity index (χ1n) is 3.42. The van der Waals surface area contributed by atoms with E-state index in [1.165, 1.54) is 0 Å². The summed E-state index contributed by atoms with van der Waals surface area (Å²) in [4.78, 5) is 10.4. The molecule has 3 nitrogen and oxygen atoms in total. The number of hydrogen-bond acceptors (Lipinski definition) is 2. The number of aromatic amines is 1. The zero-order chi connectivity index (χ0) is 8.55. The Kier molecular flexibility index (Phi) is 1.40. The van der Waals surface area contributed by atoms with Crippen molar-refractivity contribution in [3.63, 3.8) is 0 Å². The fourth-order valence-electron chi connectivity index (χ4n) is 1.11. The van der Waals surface area contributed by atoms with E-state index in [0.29, 0.717) is 10.9 Å². The van der Waals surface area contributed by atoms with Crippen LogP contribution in [0.3, 0.4) is 0 Å². The monoisotopic (exact) mass is 164 g/mol. The largest absolute Gasteiger partial charge is 0.352 e. The number of H-pyrrole nitrogens is 1. The number of rotatable bonds is 1. The second kappa shape index (κ2) is 2.41. The lowest BCUT2D eigenvalue weighted by Crippen LogP contribution is -1.89. The van der Waals surface area contributed by atoms with Gasteiger partial charge in [0, 0.05) is 5.39 Å². The third kappa shape index (κ3) is 0.887. The molecule has 0 aliphatic heterocycles. The van der Waals surface area contributed by atoms with Crippen molar-refractivity contribution in [2.24, 2.45) is 0 Å². The summed E-state index contributed by atoms with van der Waals surface area (Å²) in [6.45, 7) is 0. The molecule has 0 fully saturated rings. The number of para-hydroxylation sites is 1. The maximum atomic E-state index is 12.3. The van der Waals surface area contributed by atoms with Crippen LogP contribution < -0.4 is 0 Å². The van der Waals surface area contributed by atoms with E-state index in [1.807, 2.05) is 0 Å². The Labute approximate surface area is 67.2 Å². The van der Waals surface area contributed by atoms with E-state index in [-0.39, 0.29) is 5.69 Å². The Morgan fingerprint density at radius 3 is 2.92 bits per heavy atom. The van der Waals surface area contributed by atoms with Crippen molar-refractivity contribution in [2.75, 3.05) is 0 Å². The molecular weight excluding hydrogens is 159 g/mol. The number of hydrogen-bond donors (Lipinski definition) is 1. The predicted octanol–water partition coefficient (Wildman–Crippen LogP) is 1.67. The van der Waals surface area contributed by atoms with E-state index in [1.54, 1.807) is 24.3 Å². The second-order valence-electron chi connectivity index (χ2n) is 2.39. The molecule has 0 aliphatic carbocycles. The van der Waals surface area contributed by atoms with E-state index >= 15 is 0 Å². The van der Waals surface area contributed by atoms with Crippen LogP contribution in [-0.4, -0.2) is 16.2 Å². The van der Waals surface area contributed by atoms with E-state index < -0.39 is 6.04 Å². The molecule has 1 heterocycles. The number of halogens is 1. The maximum absolute atomic E-state index is 12.3. The average molecular weight is 164 g/mol. The minimum atomic E-state index is -1.51. The number of benzene rings is 1. The van der Waals surface area contributed by atoms with Crippen LogP contribution in [0.2, 0.25) is 0 Å². The lowest BCUT2D eigenvalue weighted by Gasteiger charge is -1.85. The van der Waals surface area contributed by atoms with Crippen LogP contribution in [0.15, 0.2) is 24.3 Å². The summed E-state index contributed by atoms with van der Waals surface area (Å²) in [6.07, 6.45) is 0. The highest BCUT2D eigenvalue weighted by Crippen LogP contribution is 2.15. The molecule has 1 N–H and O–H groups in total. The van der Waals surface area contributed by atoms with Crippen LogP contribution in [-0.2, 0) is 0 Å². The lowest BCUT2D eigenvalue weighted by atomic mass is 10.2. The van der Waals surface area contributed by atoms with Gasteiger partial charge in [-0.25, -0.2) is 0 Å². The molecule has 0 bridgehead atoms. The predicted molar refractivity (Wildman–Crippen MR) is 41.5 cm³/mol. The highest BCUT2D eigenvalue weighted by molar-refractivity contribution is 6.01. The van der Waals surface area contributed by atoms with Gasteiger partial charge in [0.25, 0.3) is 0 Å². The Morgan fingerprint density at radius 1 is 1.42 bits per heavy atom. The molecule has 2 rings (SSSR count). The van der Waals surface area contributed by atoms with Gasteiger partial charge in [-0.05, 0) is 6.07 Å². The standard InChI is InChI=1S/C8H5FN2O/c9-8(12)7-5-3-1-2-4-6(5)10-11-7/h1-4H,(H,10,11). The number of aromatic nitrogens is 2. The number of carbonyl (C=O) groups excluding carboxylic acids is 1. The van der Waals surface area contributed by atoms with Gasteiger partial charge in [-0.2, -0.15) is 9.49 Å². The Balaban J connectivity index is 2.79. The third-order valence-corrected chi connectivity index (χ3v) is 1.66. The zero-order valence-corrected chi connectivity index (χ0v) is 6.04. The van der Waals surface area contributed by atoms with Gasteiger partial charge in [0.05, 0.1) is 5.52 Å². The molecule has 0 aliphatic rings. The summed E-state index contributed by atoms with van der Waals surface area (Å²) >= 11 is 0. The summed E-state index contributed by atoms with van der Waals surface area (Å²) < 4.78 is 12.3. The number of nitrogens with zero attached hydrogens (tertiary/aromatic N) is 1. The van der Waals surface area contributed by atoms with Gasteiger partial charge in [-0.3, -0.25) is 9.89 Å². The van der Waals surface area contributed by atoms with Gasteiger partial charge in [0.1, 0.15) is 0 Å². The van der Waals surface area contributed by atoms with Gasteiger partial charge < -0.3 is 0 Å². The maximum Gasteiger partial charge on any atom is 0.352 e. The van der Waals surface area contributed by atoms with Crippen molar-refractivity contribution < 1.29 is 9.18 Å². The Bertz CT molecular complexity index is 435. The number of carbonyl (C=O) groups is 1. The van der Waals surface area contributed by atoms with Crippen LogP contribution in [0.1, 0.15) is 10.5 Å². The van der Waals surface area contributed by atoms with Crippen LogP contribution in [0.5, 0.6) is 0 Å². The molecule has 0 radical (unpaired) electrons. The normalized spacial score (nSPS) is 10.4. The van der Waals surface area contributed by atoms with E-state index in [0.717, 1.165) is 0 Å². The summed E-state index contributed by atoms with van der Waals surface area (Å²) in [5.74, 6) is 0. The molecule has 60 valence electrons. The van der Waals surface area contributed by atoms with Gasteiger partial charge in [0.2, 0.25) is 0 Å². The summed E-state index contributed by atoms with van der Waals surface area (Å²) in [7, 11) is 0. The van der Waals surface area contributed by atoms with E-state index in [9.17, 15) is 9.18 Å². The lowest BCUT2D eigenvalue weighted by molar-refractivity contribution is 0.0832. The van der Waals surface area contributed by atoms with Crippen LogP contribution >= 0.6 is 0 Å². The van der Waals surface area contributed by atoms with E-state index in [4.69, 9.17) is 0 Å². The van der Waals surface area contributed by atoms with Crippen LogP contribution in [0, 0.1) is 0 Å². The van der Waals surface area contributed by atoms with Crippen molar-refractivity contribution in [3.05, 3.63) is 30.0 Å². The molecule has 0 saturated heterocycles. The summed E-state index contributed by atoms with van der Waals surface area (Å²) in [6, 6.07) is 5.38. The number of nitrogens with one attached hydrogen (secondary N) is 1. The highest BCUT2D eigenvalue weighted by atomic mass is 19.1. The van der Waals surface area contributed by atoms with Gasteiger partial charge in [0.15, 0.2) is 5.69 Å². The smallest absolute Gasteiger partial charge is 0.277 e. The molecule has 0 unspecified atom stereocenters. The van der Waals surface area contributed by atoms with E-state index in [2.05, 4.69) is 10.2 Å². The summed E-state index contributed by atoms with van der Waals surface area (Å²) in [5.41, 5.74) is 0.518. The SMILES string of the molecule is O=C(F)c1n[nH]c2ccccc12. The first-order valence-corrected chi connectivity index (χ1v) is 3.42. The minimum Gasteiger partial charge on any atom is -0.277 e. The topological polar surface area (TPSA) is 45.8 Å². The second-order valence-corrected chi connectivity index (χ2v) is 2.39. The fourth-order valence-corrected chi connectivity index (χ4v) is 1.11. The van der Waals surface area contributed by atoms with Crippen LogP contribution in [0.4, 0.5) is 4.39 Å². The molecule has 0 spiro atoms. The minimum absolute atomic E-state index is 0.148. The molecule has 1 aromatic heterocycles. The molecule has 12 heavy (non-hydrogen) atoms. The molecule has 0 saturated carbocycles. The zero-order valence-electron chi connectivity index (χ0n) is 6.04. The van der Waals surface area contributed by atoms with Crippen molar-refractivity contribution in [3.8, 4) is 0 Å². The summed E-state index contributed by atoms with van der Waals surface area (Å²) in [5, 5.41) is 6.62. The quantitative estimate of drug-likeness (QED) is 0.651. The molecule has 0 atom stereocenters. The third-order valence-electron chi connectivity index (χ3n) is 1.66. The van der Waals surface area contributed by atoms with Gasteiger partial charge >= 0.3 is 6.04 Å². The first-order chi connectivity index (χ1) is 5.79. The van der Waals surface area contributed by atoms with Crippen molar-refractivity contribution in [1.82, 2.24) is 10.2 Å².